The number of amides is 3. The number of alkyl carbamates (subject to hydrolysis) is 1. The van der Waals surface area contributed by atoms with Gasteiger partial charge in [0.2, 0.25) is 5.91 Å². The molecule has 7 heteroatoms. The van der Waals surface area contributed by atoms with Gasteiger partial charge in [-0.3, -0.25) is 9.59 Å². The first-order chi connectivity index (χ1) is 17.9. The summed E-state index contributed by atoms with van der Waals surface area (Å²) in [4.78, 5) is 42.2. The third-order valence-electron chi connectivity index (χ3n) is 6.13. The van der Waals surface area contributed by atoms with Crippen molar-refractivity contribution in [3.05, 3.63) is 77.9 Å². The molecule has 0 heterocycles. The first kappa shape index (κ1) is 30.2. The third kappa shape index (κ3) is 7.97. The summed E-state index contributed by atoms with van der Waals surface area (Å²) in [5.74, 6) is 1.51. The molecule has 3 unspecified atom stereocenters. The summed E-state index contributed by atoms with van der Waals surface area (Å²) in [6.45, 7) is 14.8. The van der Waals surface area contributed by atoms with Gasteiger partial charge in [0.1, 0.15) is 17.7 Å². The number of carbonyl (C=O) groups excluding carboxylic acids is 3. The molecule has 0 radical (unpaired) electrons. The lowest BCUT2D eigenvalue weighted by Crippen LogP contribution is -2.54. The van der Waals surface area contributed by atoms with Gasteiger partial charge in [0.05, 0.1) is 0 Å². The number of ether oxygens (including phenoxy) is 1. The summed E-state index contributed by atoms with van der Waals surface area (Å²) in [5.41, 5.74) is 1.74. The van der Waals surface area contributed by atoms with Gasteiger partial charge in [-0.05, 0) is 56.9 Å². The van der Waals surface area contributed by atoms with E-state index in [1.54, 1.807) is 57.2 Å². The second-order valence-corrected chi connectivity index (χ2v) is 10.2. The number of para-hydroxylation sites is 1. The van der Waals surface area contributed by atoms with Crippen LogP contribution >= 0.6 is 0 Å². The molecule has 38 heavy (non-hydrogen) atoms. The van der Waals surface area contributed by atoms with Crippen molar-refractivity contribution in [1.29, 1.82) is 0 Å². The Morgan fingerprint density at radius 2 is 1.76 bits per heavy atom. The smallest absolute Gasteiger partial charge is 0.408 e. The lowest BCUT2D eigenvalue weighted by molar-refractivity contribution is -0.141. The van der Waals surface area contributed by atoms with E-state index in [9.17, 15) is 14.4 Å². The molecule has 2 aromatic rings. The summed E-state index contributed by atoms with van der Waals surface area (Å²) in [7, 11) is 0. The molecule has 2 N–H and O–H groups in total. The van der Waals surface area contributed by atoms with Gasteiger partial charge in [-0.15, -0.1) is 13.0 Å². The Morgan fingerprint density at radius 3 is 2.34 bits per heavy atom. The maximum Gasteiger partial charge on any atom is 0.408 e. The fraction of sp³-hybridized carbons (Fsp3) is 0.387. The molecule has 0 aliphatic heterocycles. The van der Waals surface area contributed by atoms with E-state index in [1.165, 1.54) is 4.90 Å². The average Bonchev–Trinajstić information content (AvgIpc) is 2.86. The maximum atomic E-state index is 14.1. The van der Waals surface area contributed by atoms with Gasteiger partial charge >= 0.3 is 6.09 Å². The van der Waals surface area contributed by atoms with Crippen LogP contribution in [0.25, 0.3) is 0 Å². The minimum atomic E-state index is -1.08. The van der Waals surface area contributed by atoms with E-state index in [0.29, 0.717) is 23.2 Å². The summed E-state index contributed by atoms with van der Waals surface area (Å²) in [5, 5.41) is 5.70. The summed E-state index contributed by atoms with van der Waals surface area (Å²) < 4.78 is 5.43. The highest BCUT2D eigenvalue weighted by molar-refractivity contribution is 5.99. The van der Waals surface area contributed by atoms with Crippen LogP contribution in [0, 0.1) is 25.2 Å². The monoisotopic (exact) mass is 517 g/mol. The molecular weight excluding hydrogens is 478 g/mol. The average molecular weight is 518 g/mol. The van der Waals surface area contributed by atoms with Crippen LogP contribution in [0.1, 0.15) is 63.8 Å². The van der Waals surface area contributed by atoms with Gasteiger partial charge in [-0.1, -0.05) is 68.7 Å². The predicted molar refractivity (Wildman–Crippen MR) is 151 cm³/mol. The second-order valence-electron chi connectivity index (χ2n) is 10.2. The van der Waals surface area contributed by atoms with Crippen molar-refractivity contribution in [2.45, 2.75) is 65.6 Å². The van der Waals surface area contributed by atoms with Crippen LogP contribution in [0.5, 0.6) is 0 Å². The number of hydrogen-bond acceptors (Lipinski definition) is 4. The molecule has 3 amide bonds. The Bertz CT molecular complexity index is 1190. The molecule has 3 atom stereocenters. The highest BCUT2D eigenvalue weighted by Crippen LogP contribution is 2.29. The molecular formula is C31H39N3O4. The molecule has 0 bridgehead atoms. The van der Waals surface area contributed by atoms with Crippen LogP contribution in [0.4, 0.5) is 10.5 Å². The van der Waals surface area contributed by atoms with Crippen molar-refractivity contribution >= 4 is 23.6 Å². The normalized spacial score (nSPS) is 13.3. The second kappa shape index (κ2) is 13.5. The molecule has 0 saturated heterocycles. The highest BCUT2D eigenvalue weighted by Gasteiger charge is 2.38. The molecule has 2 rings (SSSR count). The number of hydrogen-bond donors (Lipinski definition) is 2. The zero-order valence-electron chi connectivity index (χ0n) is 23.2. The first-order valence-corrected chi connectivity index (χ1v) is 12.8. The van der Waals surface area contributed by atoms with Gasteiger partial charge in [-0.25, -0.2) is 4.79 Å². The number of terminal acetylenes is 1. The van der Waals surface area contributed by atoms with Gasteiger partial charge in [0.15, 0.2) is 0 Å². The van der Waals surface area contributed by atoms with E-state index in [0.717, 1.165) is 5.56 Å². The van der Waals surface area contributed by atoms with Gasteiger partial charge in [-0.2, -0.15) is 0 Å². The van der Waals surface area contributed by atoms with Gasteiger partial charge < -0.3 is 20.3 Å². The fourth-order valence-corrected chi connectivity index (χ4v) is 3.99. The van der Waals surface area contributed by atoms with Crippen LogP contribution in [0.15, 0.2) is 61.2 Å². The van der Waals surface area contributed by atoms with E-state index >= 15 is 0 Å². The quantitative estimate of drug-likeness (QED) is 0.317. The molecule has 0 aromatic heterocycles. The SMILES string of the molecule is C#Cc1ccccc1C(C(=O)Nc1ccccc1C)N(CC=C)C(=O)C(NC(=O)OC(C)(C)C)C(C)CC. The van der Waals surface area contributed by atoms with Crippen molar-refractivity contribution < 1.29 is 19.1 Å². The van der Waals surface area contributed by atoms with Crippen LogP contribution in [-0.2, 0) is 14.3 Å². The molecule has 0 fully saturated rings. The Balaban J connectivity index is 2.60. The molecule has 2 aromatic carbocycles. The summed E-state index contributed by atoms with van der Waals surface area (Å²) in [6.07, 6.45) is 7.24. The largest absolute Gasteiger partial charge is 0.444 e. The number of benzene rings is 2. The Kier molecular flexibility index (Phi) is 10.7. The van der Waals surface area contributed by atoms with E-state index in [4.69, 9.17) is 11.2 Å². The van der Waals surface area contributed by atoms with Crippen molar-refractivity contribution in [3.8, 4) is 12.3 Å². The van der Waals surface area contributed by atoms with E-state index in [-0.39, 0.29) is 12.5 Å². The number of aryl methyl sites for hydroxylation is 1. The highest BCUT2D eigenvalue weighted by atomic mass is 16.6. The third-order valence-corrected chi connectivity index (χ3v) is 6.13. The zero-order chi connectivity index (χ0) is 28.5. The van der Waals surface area contributed by atoms with Crippen LogP contribution < -0.4 is 10.6 Å². The van der Waals surface area contributed by atoms with E-state index in [1.807, 2.05) is 39.0 Å². The topological polar surface area (TPSA) is 87.7 Å². The molecule has 0 aliphatic rings. The predicted octanol–water partition coefficient (Wildman–Crippen LogP) is 5.61. The van der Waals surface area contributed by atoms with Crippen molar-refractivity contribution in [3.63, 3.8) is 0 Å². The number of anilines is 1. The lowest BCUT2D eigenvalue weighted by Gasteiger charge is -2.35. The summed E-state index contributed by atoms with van der Waals surface area (Å²) >= 11 is 0. The minimum absolute atomic E-state index is 0.0481. The molecule has 0 aliphatic carbocycles. The summed E-state index contributed by atoms with van der Waals surface area (Å²) in [6, 6.07) is 12.4. The number of nitrogens with zero attached hydrogens (tertiary/aromatic N) is 1. The lowest BCUT2D eigenvalue weighted by atomic mass is 9.94. The fourth-order valence-electron chi connectivity index (χ4n) is 3.99. The maximum absolute atomic E-state index is 14.1. The van der Waals surface area contributed by atoms with Crippen molar-refractivity contribution in [2.75, 3.05) is 11.9 Å². The Morgan fingerprint density at radius 1 is 1.13 bits per heavy atom. The van der Waals surface area contributed by atoms with E-state index in [2.05, 4.69) is 23.1 Å². The minimum Gasteiger partial charge on any atom is -0.444 e. The Hall–Kier alpha value is -4.05. The standard InChI is InChI=1S/C31H39N3O4/c1-9-20-34(29(36)26(21(4)10-2)33-30(37)38-31(6,7)8)27(24-18-14-13-17-23(24)11-3)28(35)32-25-19-15-12-16-22(25)5/h3,9,12-19,21,26-27H,1,10,20H2,2,4-8H3,(H,32,35)(H,33,37). The van der Waals surface area contributed by atoms with Crippen molar-refractivity contribution in [2.24, 2.45) is 5.92 Å². The zero-order valence-corrected chi connectivity index (χ0v) is 23.2. The number of carbonyl (C=O) groups is 3. The molecule has 0 spiro atoms. The van der Waals surface area contributed by atoms with Gasteiger partial charge in [0, 0.05) is 17.8 Å². The van der Waals surface area contributed by atoms with E-state index < -0.39 is 35.6 Å². The number of nitrogens with one attached hydrogen (secondary N) is 2. The van der Waals surface area contributed by atoms with Gasteiger partial charge in [0.25, 0.3) is 5.91 Å². The first-order valence-electron chi connectivity index (χ1n) is 12.8. The molecule has 0 saturated carbocycles. The van der Waals surface area contributed by atoms with Crippen molar-refractivity contribution in [1.82, 2.24) is 10.2 Å². The van der Waals surface area contributed by atoms with Crippen LogP contribution in [0.2, 0.25) is 0 Å². The molecule has 202 valence electrons. The van der Waals surface area contributed by atoms with Crippen LogP contribution in [-0.4, -0.2) is 41.0 Å². The molecule has 7 nitrogen and oxygen atoms in total. The number of rotatable bonds is 10. The Labute approximate surface area is 226 Å². The van der Waals surface area contributed by atoms with Crippen LogP contribution in [0.3, 0.4) is 0 Å².